The second kappa shape index (κ2) is 6.90. The molecule has 1 aromatic carbocycles. The molecule has 0 fully saturated rings. The molecule has 2 aromatic rings. The standard InChI is InChI=1S/C15H19N3O3/c1-10-3-5-12(6-4-10)14-18-13(9-21-14)7-16-15(20)17-11(2)8-19/h3-6,9,11,19H,7-8H2,1-2H3,(H2,16,17,20). The Morgan fingerprint density at radius 3 is 2.76 bits per heavy atom. The summed E-state index contributed by atoms with van der Waals surface area (Å²) in [5.74, 6) is 0.524. The number of amides is 2. The van der Waals surface area contributed by atoms with E-state index in [4.69, 9.17) is 9.52 Å². The Labute approximate surface area is 123 Å². The molecule has 0 aliphatic rings. The van der Waals surface area contributed by atoms with E-state index in [1.54, 1.807) is 6.92 Å². The summed E-state index contributed by atoms with van der Waals surface area (Å²) < 4.78 is 5.40. The van der Waals surface area contributed by atoms with Gasteiger partial charge in [0.25, 0.3) is 0 Å². The van der Waals surface area contributed by atoms with E-state index in [1.807, 2.05) is 31.2 Å². The van der Waals surface area contributed by atoms with Crippen LogP contribution >= 0.6 is 0 Å². The Bertz CT molecular complexity index is 592. The minimum absolute atomic E-state index is 0.102. The number of nitrogens with one attached hydrogen (secondary N) is 2. The number of urea groups is 1. The maximum atomic E-state index is 11.5. The summed E-state index contributed by atoms with van der Waals surface area (Å²) in [7, 11) is 0. The zero-order chi connectivity index (χ0) is 15.2. The lowest BCUT2D eigenvalue weighted by Crippen LogP contribution is -2.41. The smallest absolute Gasteiger partial charge is 0.315 e. The zero-order valence-electron chi connectivity index (χ0n) is 12.1. The van der Waals surface area contributed by atoms with Crippen molar-refractivity contribution < 1.29 is 14.3 Å². The number of oxazole rings is 1. The minimum Gasteiger partial charge on any atom is -0.444 e. The molecule has 1 heterocycles. The van der Waals surface area contributed by atoms with Crippen LogP contribution in [0.25, 0.3) is 11.5 Å². The first kappa shape index (κ1) is 15.1. The molecule has 112 valence electrons. The number of aromatic nitrogens is 1. The number of aryl methyl sites for hydroxylation is 1. The average molecular weight is 289 g/mol. The van der Waals surface area contributed by atoms with E-state index >= 15 is 0 Å². The number of rotatable bonds is 5. The van der Waals surface area contributed by atoms with E-state index in [-0.39, 0.29) is 25.2 Å². The van der Waals surface area contributed by atoms with Gasteiger partial charge >= 0.3 is 6.03 Å². The lowest BCUT2D eigenvalue weighted by Gasteiger charge is -2.10. The zero-order valence-corrected chi connectivity index (χ0v) is 12.1. The minimum atomic E-state index is -0.351. The van der Waals surface area contributed by atoms with Gasteiger partial charge in [-0.2, -0.15) is 0 Å². The highest BCUT2D eigenvalue weighted by molar-refractivity contribution is 5.74. The average Bonchev–Trinajstić information content (AvgIpc) is 2.94. The first-order chi connectivity index (χ1) is 10.1. The van der Waals surface area contributed by atoms with Crippen LogP contribution in [0.3, 0.4) is 0 Å². The van der Waals surface area contributed by atoms with Gasteiger partial charge in [-0.05, 0) is 26.0 Å². The molecule has 0 spiro atoms. The topological polar surface area (TPSA) is 87.4 Å². The van der Waals surface area contributed by atoms with Gasteiger partial charge < -0.3 is 20.2 Å². The van der Waals surface area contributed by atoms with Crippen LogP contribution in [0.4, 0.5) is 4.79 Å². The van der Waals surface area contributed by atoms with Crippen LogP contribution in [0.5, 0.6) is 0 Å². The molecule has 6 heteroatoms. The van der Waals surface area contributed by atoms with E-state index in [0.29, 0.717) is 11.6 Å². The second-order valence-corrected chi connectivity index (χ2v) is 4.92. The van der Waals surface area contributed by atoms with Gasteiger partial charge in [0.2, 0.25) is 5.89 Å². The number of nitrogens with zero attached hydrogens (tertiary/aromatic N) is 1. The van der Waals surface area contributed by atoms with Crippen molar-refractivity contribution >= 4 is 6.03 Å². The molecule has 0 saturated carbocycles. The monoisotopic (exact) mass is 289 g/mol. The van der Waals surface area contributed by atoms with Crippen molar-refractivity contribution in [3.63, 3.8) is 0 Å². The van der Waals surface area contributed by atoms with Gasteiger partial charge in [0.1, 0.15) is 6.26 Å². The summed E-state index contributed by atoms with van der Waals surface area (Å²) in [6, 6.07) is 7.21. The molecule has 1 unspecified atom stereocenters. The molecule has 0 aliphatic carbocycles. The van der Waals surface area contributed by atoms with Gasteiger partial charge in [-0.15, -0.1) is 0 Å². The summed E-state index contributed by atoms with van der Waals surface area (Å²) in [4.78, 5) is 15.8. The molecular weight excluding hydrogens is 270 g/mol. The van der Waals surface area contributed by atoms with Crippen LogP contribution in [0.2, 0.25) is 0 Å². The highest BCUT2D eigenvalue weighted by Crippen LogP contribution is 2.18. The number of aliphatic hydroxyl groups excluding tert-OH is 1. The quantitative estimate of drug-likeness (QED) is 0.783. The van der Waals surface area contributed by atoms with Gasteiger partial charge in [0.15, 0.2) is 0 Å². The lowest BCUT2D eigenvalue weighted by molar-refractivity contribution is 0.220. The fourth-order valence-electron chi connectivity index (χ4n) is 1.71. The molecule has 2 rings (SSSR count). The summed E-state index contributed by atoms with van der Waals surface area (Å²) in [5, 5.41) is 14.1. The number of aliphatic hydroxyl groups is 1. The molecular formula is C15H19N3O3. The fourth-order valence-corrected chi connectivity index (χ4v) is 1.71. The van der Waals surface area contributed by atoms with E-state index in [0.717, 1.165) is 5.56 Å². The van der Waals surface area contributed by atoms with E-state index in [1.165, 1.54) is 11.8 Å². The third kappa shape index (κ3) is 4.32. The largest absolute Gasteiger partial charge is 0.444 e. The Morgan fingerprint density at radius 2 is 2.10 bits per heavy atom. The van der Waals surface area contributed by atoms with Crippen molar-refractivity contribution in [1.82, 2.24) is 15.6 Å². The normalized spacial score (nSPS) is 12.0. The van der Waals surface area contributed by atoms with Crippen LogP contribution in [0.15, 0.2) is 34.9 Å². The molecule has 0 aliphatic heterocycles. The fraction of sp³-hybridized carbons (Fsp3) is 0.333. The van der Waals surface area contributed by atoms with Gasteiger partial charge in [0, 0.05) is 5.56 Å². The summed E-state index contributed by atoms with van der Waals surface area (Å²) >= 11 is 0. The van der Waals surface area contributed by atoms with Crippen LogP contribution in [0.1, 0.15) is 18.2 Å². The van der Waals surface area contributed by atoms with Gasteiger partial charge in [-0.3, -0.25) is 0 Å². The van der Waals surface area contributed by atoms with Gasteiger partial charge in [0.05, 0.1) is 24.9 Å². The molecule has 21 heavy (non-hydrogen) atoms. The molecule has 0 radical (unpaired) electrons. The van der Waals surface area contributed by atoms with Crippen molar-refractivity contribution in [1.29, 1.82) is 0 Å². The van der Waals surface area contributed by atoms with Gasteiger partial charge in [-0.25, -0.2) is 9.78 Å². The maximum absolute atomic E-state index is 11.5. The SMILES string of the molecule is Cc1ccc(-c2nc(CNC(=O)NC(C)CO)co2)cc1. The van der Waals surface area contributed by atoms with Crippen LogP contribution < -0.4 is 10.6 Å². The molecule has 6 nitrogen and oxygen atoms in total. The van der Waals surface area contributed by atoms with Gasteiger partial charge in [-0.1, -0.05) is 17.7 Å². The van der Waals surface area contributed by atoms with Crippen molar-refractivity contribution in [2.24, 2.45) is 0 Å². The first-order valence-electron chi connectivity index (χ1n) is 6.75. The van der Waals surface area contributed by atoms with E-state index < -0.39 is 0 Å². The Kier molecular flexibility index (Phi) is 4.94. The molecule has 0 bridgehead atoms. The Hall–Kier alpha value is -2.34. The Morgan fingerprint density at radius 1 is 1.38 bits per heavy atom. The summed E-state index contributed by atoms with van der Waals surface area (Å²) in [5.41, 5.74) is 2.70. The molecule has 3 N–H and O–H groups in total. The van der Waals surface area contributed by atoms with E-state index in [2.05, 4.69) is 15.6 Å². The molecule has 1 aromatic heterocycles. The highest BCUT2D eigenvalue weighted by Gasteiger charge is 2.09. The number of carbonyl (C=O) groups is 1. The Balaban J connectivity index is 1.91. The summed E-state index contributed by atoms with van der Waals surface area (Å²) in [6.07, 6.45) is 1.52. The number of hydrogen-bond donors (Lipinski definition) is 3. The van der Waals surface area contributed by atoms with Crippen molar-refractivity contribution in [2.75, 3.05) is 6.61 Å². The predicted molar refractivity (Wildman–Crippen MR) is 78.6 cm³/mol. The van der Waals surface area contributed by atoms with Crippen molar-refractivity contribution in [2.45, 2.75) is 26.4 Å². The first-order valence-corrected chi connectivity index (χ1v) is 6.75. The van der Waals surface area contributed by atoms with Crippen LogP contribution in [-0.4, -0.2) is 28.8 Å². The molecule has 1 atom stereocenters. The lowest BCUT2D eigenvalue weighted by atomic mass is 10.1. The van der Waals surface area contributed by atoms with Crippen molar-refractivity contribution in [3.05, 3.63) is 41.8 Å². The number of hydrogen-bond acceptors (Lipinski definition) is 4. The van der Waals surface area contributed by atoms with Crippen molar-refractivity contribution in [3.8, 4) is 11.5 Å². The third-order valence-corrected chi connectivity index (χ3v) is 2.93. The predicted octanol–water partition coefficient (Wildman–Crippen LogP) is 1.83. The molecule has 0 saturated heterocycles. The van der Waals surface area contributed by atoms with E-state index in [9.17, 15) is 4.79 Å². The van der Waals surface area contributed by atoms with Crippen LogP contribution in [0, 0.1) is 6.92 Å². The second-order valence-electron chi connectivity index (χ2n) is 4.92. The van der Waals surface area contributed by atoms with Crippen LogP contribution in [-0.2, 0) is 6.54 Å². The third-order valence-electron chi connectivity index (χ3n) is 2.93. The highest BCUT2D eigenvalue weighted by atomic mass is 16.3. The number of benzene rings is 1. The molecule has 2 amide bonds. The summed E-state index contributed by atoms with van der Waals surface area (Å²) in [6.45, 7) is 3.89. The number of carbonyl (C=O) groups excluding carboxylic acids is 1. The maximum Gasteiger partial charge on any atom is 0.315 e.